The molecule has 36 heavy (non-hydrogen) atoms. The van der Waals surface area contributed by atoms with E-state index in [0.29, 0.717) is 18.6 Å². The van der Waals surface area contributed by atoms with Crippen molar-refractivity contribution < 1.29 is 33.0 Å². The van der Waals surface area contributed by atoms with Gasteiger partial charge in [0.2, 0.25) is 0 Å². The fourth-order valence-electron chi connectivity index (χ4n) is 8.12. The SMILES string of the molecule is CC(C)(Oc1ccc(C(=O)OC(C2CCCCC2)C(F)(F)C(=O)O)cc1)C12CC3CC(CC(C3)C1)C2. The summed E-state index contributed by atoms with van der Waals surface area (Å²) in [4.78, 5) is 24.1. The number of carbonyl (C=O) groups excluding carboxylic acids is 1. The zero-order chi connectivity index (χ0) is 25.7. The molecule has 1 atom stereocenters. The molecule has 198 valence electrons. The quantitative estimate of drug-likeness (QED) is 0.391. The first-order valence-corrected chi connectivity index (χ1v) is 13.6. The Hall–Kier alpha value is -2.18. The fraction of sp³-hybridized carbons (Fsp3) is 0.724. The van der Waals surface area contributed by atoms with Crippen LogP contribution in [0.2, 0.25) is 0 Å². The van der Waals surface area contributed by atoms with Gasteiger partial charge in [-0.3, -0.25) is 0 Å². The van der Waals surface area contributed by atoms with E-state index in [4.69, 9.17) is 14.6 Å². The molecule has 6 rings (SSSR count). The minimum Gasteiger partial charge on any atom is -0.487 e. The molecule has 0 aliphatic heterocycles. The summed E-state index contributed by atoms with van der Waals surface area (Å²) in [6.07, 6.45) is 8.91. The summed E-state index contributed by atoms with van der Waals surface area (Å²) in [7, 11) is 0. The molecule has 0 spiro atoms. The van der Waals surface area contributed by atoms with Gasteiger partial charge < -0.3 is 14.6 Å². The van der Waals surface area contributed by atoms with Crippen LogP contribution in [-0.2, 0) is 9.53 Å². The molecule has 0 saturated heterocycles. The number of aliphatic carboxylic acids is 1. The molecule has 4 bridgehead atoms. The Morgan fingerprint density at radius 2 is 1.47 bits per heavy atom. The summed E-state index contributed by atoms with van der Waals surface area (Å²) in [5.41, 5.74) is -0.0905. The Bertz CT molecular complexity index is 945. The van der Waals surface area contributed by atoms with E-state index >= 15 is 0 Å². The lowest BCUT2D eigenvalue weighted by Gasteiger charge is -2.61. The third-order valence-corrected chi connectivity index (χ3v) is 9.73. The lowest BCUT2D eigenvalue weighted by molar-refractivity contribution is -0.189. The summed E-state index contributed by atoms with van der Waals surface area (Å²) < 4.78 is 40.8. The number of alkyl halides is 2. The predicted molar refractivity (Wildman–Crippen MR) is 130 cm³/mol. The van der Waals surface area contributed by atoms with E-state index in [1.165, 1.54) is 50.7 Å². The molecule has 5 aliphatic rings. The lowest BCUT2D eigenvalue weighted by atomic mass is 9.46. The molecular formula is C29H38F2O5. The predicted octanol–water partition coefficient (Wildman–Crippen LogP) is 6.89. The molecule has 5 aliphatic carbocycles. The van der Waals surface area contributed by atoms with Gasteiger partial charge in [-0.15, -0.1) is 0 Å². The van der Waals surface area contributed by atoms with Gasteiger partial charge in [-0.2, -0.15) is 8.78 Å². The number of benzene rings is 1. The second kappa shape index (κ2) is 9.29. The van der Waals surface area contributed by atoms with E-state index in [-0.39, 0.29) is 16.6 Å². The van der Waals surface area contributed by atoms with Gasteiger partial charge in [0.15, 0.2) is 6.10 Å². The van der Waals surface area contributed by atoms with Crippen molar-refractivity contribution in [2.75, 3.05) is 0 Å². The number of carboxylic acid groups (broad SMARTS) is 1. The number of esters is 1. The van der Waals surface area contributed by atoms with Crippen molar-refractivity contribution in [2.24, 2.45) is 29.1 Å². The summed E-state index contributed by atoms with van der Waals surface area (Å²) in [5, 5.41) is 9.10. The van der Waals surface area contributed by atoms with Crippen LogP contribution in [0.1, 0.15) is 94.8 Å². The number of carbonyl (C=O) groups is 2. The topological polar surface area (TPSA) is 72.8 Å². The van der Waals surface area contributed by atoms with Gasteiger partial charge in [0.25, 0.3) is 0 Å². The highest BCUT2D eigenvalue weighted by Gasteiger charge is 2.58. The monoisotopic (exact) mass is 504 g/mol. The Balaban J connectivity index is 1.28. The third-order valence-electron chi connectivity index (χ3n) is 9.73. The Labute approximate surface area is 211 Å². The first-order chi connectivity index (χ1) is 17.0. The van der Waals surface area contributed by atoms with Crippen LogP contribution < -0.4 is 4.74 Å². The molecule has 1 aromatic carbocycles. The van der Waals surface area contributed by atoms with E-state index in [0.717, 1.165) is 37.0 Å². The van der Waals surface area contributed by atoms with Crippen LogP contribution >= 0.6 is 0 Å². The average Bonchev–Trinajstić information content (AvgIpc) is 2.82. The van der Waals surface area contributed by atoms with E-state index in [2.05, 4.69) is 13.8 Å². The number of carboxylic acids is 1. The van der Waals surface area contributed by atoms with Crippen LogP contribution in [-0.4, -0.2) is 34.7 Å². The van der Waals surface area contributed by atoms with Crippen molar-refractivity contribution in [3.05, 3.63) is 29.8 Å². The smallest absolute Gasteiger partial charge is 0.378 e. The highest BCUT2D eigenvalue weighted by atomic mass is 19.3. The third kappa shape index (κ3) is 4.63. The highest BCUT2D eigenvalue weighted by molar-refractivity contribution is 5.90. The van der Waals surface area contributed by atoms with Crippen LogP contribution in [0.25, 0.3) is 0 Å². The van der Waals surface area contributed by atoms with Crippen LogP contribution in [0.5, 0.6) is 5.75 Å². The van der Waals surface area contributed by atoms with Crippen LogP contribution in [0.4, 0.5) is 8.78 Å². The van der Waals surface area contributed by atoms with Gasteiger partial charge in [0.05, 0.1) is 5.56 Å². The largest absolute Gasteiger partial charge is 0.487 e. The summed E-state index contributed by atoms with van der Waals surface area (Å²) in [5.74, 6) is -4.96. The molecule has 0 aromatic heterocycles. The van der Waals surface area contributed by atoms with Crippen LogP contribution in [0.3, 0.4) is 0 Å². The van der Waals surface area contributed by atoms with Gasteiger partial charge in [-0.05, 0) is 107 Å². The van der Waals surface area contributed by atoms with Gasteiger partial charge in [0, 0.05) is 11.3 Å². The van der Waals surface area contributed by atoms with Crippen molar-refractivity contribution in [3.63, 3.8) is 0 Å². The minimum absolute atomic E-state index is 0.108. The molecule has 0 heterocycles. The molecule has 0 radical (unpaired) electrons. The molecule has 5 saturated carbocycles. The van der Waals surface area contributed by atoms with Crippen molar-refractivity contribution in [1.29, 1.82) is 0 Å². The zero-order valence-corrected chi connectivity index (χ0v) is 21.3. The van der Waals surface area contributed by atoms with Gasteiger partial charge in [-0.1, -0.05) is 19.3 Å². The maximum absolute atomic E-state index is 14.5. The van der Waals surface area contributed by atoms with Crippen molar-refractivity contribution in [3.8, 4) is 5.75 Å². The van der Waals surface area contributed by atoms with Crippen molar-refractivity contribution in [2.45, 2.75) is 102 Å². The van der Waals surface area contributed by atoms with Crippen LogP contribution in [0, 0.1) is 29.1 Å². The maximum Gasteiger partial charge on any atom is 0.378 e. The standard InChI is InChI=1S/C29H38F2O5/c1-27(2,28-15-18-12-19(16-28)14-20(13-18)17-28)36-23-10-8-22(9-11-23)25(32)35-24(29(30,31)26(33)34)21-6-4-3-5-7-21/h8-11,18-21,24H,3-7,12-17H2,1-2H3,(H,33,34). The van der Waals surface area contributed by atoms with E-state index in [9.17, 15) is 18.4 Å². The number of ether oxygens (including phenoxy) is 2. The number of hydrogen-bond acceptors (Lipinski definition) is 4. The number of hydrogen-bond donors (Lipinski definition) is 1. The van der Waals surface area contributed by atoms with Crippen molar-refractivity contribution in [1.82, 2.24) is 0 Å². The Morgan fingerprint density at radius 3 is 1.97 bits per heavy atom. The van der Waals surface area contributed by atoms with Gasteiger partial charge >= 0.3 is 17.9 Å². The number of halogens is 2. The van der Waals surface area contributed by atoms with E-state index in [1.807, 2.05) is 0 Å². The molecule has 1 aromatic rings. The first kappa shape index (κ1) is 25.5. The fourth-order valence-corrected chi connectivity index (χ4v) is 8.12. The summed E-state index contributed by atoms with van der Waals surface area (Å²) >= 11 is 0. The molecule has 0 amide bonds. The molecule has 1 N–H and O–H groups in total. The molecular weight excluding hydrogens is 466 g/mol. The van der Waals surface area contributed by atoms with Gasteiger partial charge in [-0.25, -0.2) is 9.59 Å². The maximum atomic E-state index is 14.5. The van der Waals surface area contributed by atoms with Gasteiger partial charge in [0.1, 0.15) is 11.4 Å². The lowest BCUT2D eigenvalue weighted by Crippen LogP contribution is -2.58. The molecule has 5 fully saturated rings. The molecule has 7 heteroatoms. The normalized spacial score (nSPS) is 31.2. The second-order valence-electron chi connectivity index (χ2n) is 12.5. The molecule has 5 nitrogen and oxygen atoms in total. The highest BCUT2D eigenvalue weighted by Crippen LogP contribution is 2.64. The summed E-state index contributed by atoms with van der Waals surface area (Å²) in [6.45, 7) is 4.34. The number of rotatable bonds is 8. The summed E-state index contributed by atoms with van der Waals surface area (Å²) in [6, 6.07) is 6.40. The average molecular weight is 505 g/mol. The minimum atomic E-state index is -4.14. The van der Waals surface area contributed by atoms with Crippen LogP contribution in [0.15, 0.2) is 24.3 Å². The van der Waals surface area contributed by atoms with E-state index < -0.39 is 29.9 Å². The Morgan fingerprint density at radius 1 is 0.944 bits per heavy atom. The molecule has 1 unspecified atom stereocenters. The second-order valence-corrected chi connectivity index (χ2v) is 12.5. The zero-order valence-electron chi connectivity index (χ0n) is 21.3. The first-order valence-electron chi connectivity index (χ1n) is 13.6. The Kier molecular flexibility index (Phi) is 6.57. The van der Waals surface area contributed by atoms with E-state index in [1.54, 1.807) is 12.1 Å². The van der Waals surface area contributed by atoms with Crippen molar-refractivity contribution >= 4 is 11.9 Å².